The molecule has 98 valence electrons. The number of pyridine rings is 1. The smallest absolute Gasteiger partial charge is 0.433 e. The van der Waals surface area contributed by atoms with Crippen molar-refractivity contribution in [2.75, 3.05) is 5.32 Å². The third-order valence-corrected chi connectivity index (χ3v) is 2.06. The minimum Gasteiger partial charge on any atom is -0.480 e. The van der Waals surface area contributed by atoms with Gasteiger partial charge in [-0.3, -0.25) is 0 Å². The molecule has 0 fully saturated rings. The maximum absolute atomic E-state index is 12.4. The molecule has 7 heteroatoms. The molecule has 4 nitrogen and oxygen atoms in total. The highest BCUT2D eigenvalue weighted by Gasteiger charge is 2.32. The third-order valence-electron chi connectivity index (χ3n) is 2.06. The molecule has 1 aromatic rings. The number of carbonyl (C=O) groups is 1. The number of halogens is 3. The predicted octanol–water partition coefficient (Wildman–Crippen LogP) is 2.54. The maximum Gasteiger partial charge on any atom is 0.433 e. The van der Waals surface area contributed by atoms with Crippen molar-refractivity contribution in [2.24, 2.45) is 0 Å². The Morgan fingerprint density at radius 3 is 2.72 bits per heavy atom. The van der Waals surface area contributed by atoms with Crippen LogP contribution < -0.4 is 5.32 Å². The van der Waals surface area contributed by atoms with Crippen LogP contribution in [-0.4, -0.2) is 22.1 Å². The fourth-order valence-corrected chi connectivity index (χ4v) is 1.24. The van der Waals surface area contributed by atoms with E-state index in [1.165, 1.54) is 12.1 Å². The van der Waals surface area contributed by atoms with Crippen molar-refractivity contribution < 1.29 is 23.1 Å². The van der Waals surface area contributed by atoms with E-state index in [1.54, 1.807) is 0 Å². The van der Waals surface area contributed by atoms with Gasteiger partial charge in [-0.1, -0.05) is 12.1 Å². The summed E-state index contributed by atoms with van der Waals surface area (Å²) in [6.45, 7) is 3.38. The number of nitrogens with zero attached hydrogens (tertiary/aromatic N) is 1. The van der Waals surface area contributed by atoms with Gasteiger partial charge in [0.1, 0.15) is 17.6 Å². The van der Waals surface area contributed by atoms with E-state index in [0.717, 1.165) is 12.1 Å². The van der Waals surface area contributed by atoms with Crippen molar-refractivity contribution in [2.45, 2.75) is 18.6 Å². The summed E-state index contributed by atoms with van der Waals surface area (Å²) in [5, 5.41) is 11.2. The van der Waals surface area contributed by atoms with Crippen LogP contribution in [0.2, 0.25) is 0 Å². The van der Waals surface area contributed by atoms with Crippen molar-refractivity contribution >= 4 is 11.8 Å². The number of aromatic nitrogens is 1. The number of hydrogen-bond donors (Lipinski definition) is 2. The minimum absolute atomic E-state index is 0.0766. The third kappa shape index (κ3) is 3.76. The van der Waals surface area contributed by atoms with E-state index < -0.39 is 23.9 Å². The summed E-state index contributed by atoms with van der Waals surface area (Å²) < 4.78 is 37.2. The minimum atomic E-state index is -4.56. The first-order chi connectivity index (χ1) is 8.34. The lowest BCUT2D eigenvalue weighted by Crippen LogP contribution is -2.29. The number of carboxylic acids is 1. The van der Waals surface area contributed by atoms with E-state index in [2.05, 4.69) is 16.9 Å². The molecule has 0 radical (unpaired) electrons. The van der Waals surface area contributed by atoms with Gasteiger partial charge in [-0.2, -0.15) is 13.2 Å². The van der Waals surface area contributed by atoms with Crippen LogP contribution in [0.4, 0.5) is 19.0 Å². The maximum atomic E-state index is 12.4. The van der Waals surface area contributed by atoms with E-state index >= 15 is 0 Å². The zero-order chi connectivity index (χ0) is 13.8. The number of hydrogen-bond acceptors (Lipinski definition) is 3. The fraction of sp³-hybridized carbons (Fsp3) is 0.273. The van der Waals surface area contributed by atoms with E-state index in [4.69, 9.17) is 5.11 Å². The Morgan fingerprint density at radius 1 is 1.56 bits per heavy atom. The molecule has 0 spiro atoms. The largest absolute Gasteiger partial charge is 0.480 e. The normalized spacial score (nSPS) is 12.8. The Labute approximate surface area is 101 Å². The molecule has 18 heavy (non-hydrogen) atoms. The molecule has 1 heterocycles. The first kappa shape index (κ1) is 14.0. The molecule has 0 aliphatic rings. The Morgan fingerprint density at radius 2 is 2.22 bits per heavy atom. The highest BCUT2D eigenvalue weighted by Crippen LogP contribution is 2.28. The summed E-state index contributed by atoms with van der Waals surface area (Å²) in [5.74, 6) is -1.33. The highest BCUT2D eigenvalue weighted by atomic mass is 19.4. The van der Waals surface area contributed by atoms with Gasteiger partial charge < -0.3 is 10.4 Å². The van der Waals surface area contributed by atoms with Gasteiger partial charge in [0.25, 0.3) is 0 Å². The molecular weight excluding hydrogens is 249 g/mol. The van der Waals surface area contributed by atoms with Crippen molar-refractivity contribution in [3.05, 3.63) is 36.5 Å². The van der Waals surface area contributed by atoms with Crippen molar-refractivity contribution in [1.29, 1.82) is 0 Å². The lowest BCUT2D eigenvalue weighted by molar-refractivity contribution is -0.141. The standard InChI is InChI=1S/C11H11F3N2O2/c1-2-4-7(10(17)18)15-9-6-3-5-8(16-9)11(12,13)14/h2-3,5-7H,1,4H2,(H,15,16)(H,17,18). The topological polar surface area (TPSA) is 62.2 Å². The van der Waals surface area contributed by atoms with Crippen LogP contribution >= 0.6 is 0 Å². The van der Waals surface area contributed by atoms with Gasteiger partial charge in [-0.05, 0) is 18.6 Å². The molecule has 0 saturated carbocycles. The van der Waals surface area contributed by atoms with E-state index in [-0.39, 0.29) is 12.2 Å². The van der Waals surface area contributed by atoms with Crippen LogP contribution in [-0.2, 0) is 11.0 Å². The highest BCUT2D eigenvalue weighted by molar-refractivity contribution is 5.77. The summed E-state index contributed by atoms with van der Waals surface area (Å²) in [4.78, 5) is 14.1. The summed E-state index contributed by atoms with van der Waals surface area (Å²) in [6, 6.07) is 2.19. The number of carboxylic acid groups (broad SMARTS) is 1. The van der Waals surface area contributed by atoms with E-state index in [1.807, 2.05) is 0 Å². The molecule has 0 aromatic carbocycles. The van der Waals surface area contributed by atoms with E-state index in [9.17, 15) is 18.0 Å². The summed E-state index contributed by atoms with van der Waals surface area (Å²) in [7, 11) is 0. The first-order valence-electron chi connectivity index (χ1n) is 4.99. The van der Waals surface area contributed by atoms with Crippen LogP contribution in [0.1, 0.15) is 12.1 Å². The van der Waals surface area contributed by atoms with Crippen molar-refractivity contribution in [1.82, 2.24) is 4.98 Å². The molecule has 0 aliphatic heterocycles. The van der Waals surface area contributed by atoms with Gasteiger partial charge in [0, 0.05) is 0 Å². The summed E-state index contributed by atoms with van der Waals surface area (Å²) in [5.41, 5.74) is -1.07. The van der Waals surface area contributed by atoms with Gasteiger partial charge in [-0.25, -0.2) is 9.78 Å². The molecule has 1 rings (SSSR count). The quantitative estimate of drug-likeness (QED) is 0.798. The van der Waals surface area contributed by atoms with Crippen LogP contribution in [0.3, 0.4) is 0 Å². The van der Waals surface area contributed by atoms with Gasteiger partial charge >= 0.3 is 12.1 Å². The lowest BCUT2D eigenvalue weighted by Gasteiger charge is -2.14. The molecule has 0 bridgehead atoms. The first-order valence-corrected chi connectivity index (χ1v) is 4.99. The molecular formula is C11H11F3N2O2. The lowest BCUT2D eigenvalue weighted by atomic mass is 10.2. The van der Waals surface area contributed by atoms with Gasteiger partial charge in [-0.15, -0.1) is 6.58 Å². The molecule has 1 aromatic heterocycles. The summed E-state index contributed by atoms with van der Waals surface area (Å²) in [6.07, 6.45) is -3.12. The Kier molecular flexibility index (Phi) is 4.30. The Balaban J connectivity index is 2.90. The number of aliphatic carboxylic acids is 1. The zero-order valence-electron chi connectivity index (χ0n) is 9.24. The fourth-order valence-electron chi connectivity index (χ4n) is 1.24. The number of alkyl halides is 3. The predicted molar refractivity (Wildman–Crippen MR) is 59.1 cm³/mol. The Bertz CT molecular complexity index is 446. The summed E-state index contributed by atoms with van der Waals surface area (Å²) >= 11 is 0. The molecule has 0 saturated heterocycles. The number of anilines is 1. The Hall–Kier alpha value is -2.05. The van der Waals surface area contributed by atoms with Gasteiger partial charge in [0.05, 0.1) is 0 Å². The number of nitrogens with one attached hydrogen (secondary N) is 1. The molecule has 2 N–H and O–H groups in total. The van der Waals surface area contributed by atoms with Crippen LogP contribution in [0.5, 0.6) is 0 Å². The molecule has 0 aliphatic carbocycles. The van der Waals surface area contributed by atoms with Crippen molar-refractivity contribution in [3.8, 4) is 0 Å². The van der Waals surface area contributed by atoms with Gasteiger partial charge in [0.2, 0.25) is 0 Å². The van der Waals surface area contributed by atoms with Crippen LogP contribution in [0, 0.1) is 0 Å². The SMILES string of the molecule is C=CCC(Nc1cccc(C(F)(F)F)n1)C(=O)O. The average Bonchev–Trinajstić information content (AvgIpc) is 2.27. The second-order valence-electron chi connectivity index (χ2n) is 3.47. The number of rotatable bonds is 5. The molecule has 1 atom stereocenters. The second-order valence-corrected chi connectivity index (χ2v) is 3.47. The van der Waals surface area contributed by atoms with Crippen molar-refractivity contribution in [3.63, 3.8) is 0 Å². The second kappa shape index (κ2) is 5.52. The van der Waals surface area contributed by atoms with Crippen LogP contribution in [0.15, 0.2) is 30.9 Å². The molecule has 1 unspecified atom stereocenters. The average molecular weight is 260 g/mol. The van der Waals surface area contributed by atoms with Crippen LogP contribution in [0.25, 0.3) is 0 Å². The zero-order valence-corrected chi connectivity index (χ0v) is 9.24. The monoisotopic (exact) mass is 260 g/mol. The van der Waals surface area contributed by atoms with Gasteiger partial charge in [0.15, 0.2) is 0 Å². The van der Waals surface area contributed by atoms with E-state index in [0.29, 0.717) is 0 Å². The molecule has 0 amide bonds.